The van der Waals surface area contributed by atoms with E-state index in [4.69, 9.17) is 4.98 Å². The number of thiazole rings is 1. The van der Waals surface area contributed by atoms with E-state index in [9.17, 15) is 4.79 Å². The number of anilines is 1. The second-order valence-corrected chi connectivity index (χ2v) is 8.69. The van der Waals surface area contributed by atoms with Crippen molar-refractivity contribution >= 4 is 33.1 Å². The van der Waals surface area contributed by atoms with E-state index in [1.54, 1.807) is 11.3 Å². The van der Waals surface area contributed by atoms with Gasteiger partial charge in [0, 0.05) is 17.7 Å². The number of benzene rings is 2. The smallest absolute Gasteiger partial charge is 0.224 e. The summed E-state index contributed by atoms with van der Waals surface area (Å²) in [5.74, 6) is 0.873. The van der Waals surface area contributed by atoms with E-state index in [-0.39, 0.29) is 5.91 Å². The molecule has 0 atom stereocenters. The third-order valence-electron chi connectivity index (χ3n) is 5.46. The number of hydrogen-bond acceptors (Lipinski definition) is 3. The first-order valence-corrected chi connectivity index (χ1v) is 10.8. The lowest BCUT2D eigenvalue weighted by molar-refractivity contribution is -0.116. The van der Waals surface area contributed by atoms with Gasteiger partial charge in [-0.3, -0.25) is 4.79 Å². The van der Waals surface area contributed by atoms with E-state index in [0.717, 1.165) is 34.1 Å². The number of carbonyl (C=O) groups is 1. The van der Waals surface area contributed by atoms with Crippen molar-refractivity contribution in [2.75, 3.05) is 5.32 Å². The van der Waals surface area contributed by atoms with Crippen molar-refractivity contribution in [1.82, 2.24) is 4.98 Å². The minimum atomic E-state index is 0.129. The highest BCUT2D eigenvalue weighted by Crippen LogP contribution is 2.31. The molecule has 1 N–H and O–H groups in total. The Morgan fingerprint density at radius 2 is 1.89 bits per heavy atom. The molecule has 1 saturated carbocycles. The molecule has 27 heavy (non-hydrogen) atoms. The quantitative estimate of drug-likeness (QED) is 0.545. The number of aromatic nitrogens is 1. The molecule has 3 aromatic rings. The minimum Gasteiger partial charge on any atom is -0.326 e. The fourth-order valence-electron chi connectivity index (χ4n) is 3.89. The third-order valence-corrected chi connectivity index (χ3v) is 6.53. The lowest BCUT2D eigenvalue weighted by Crippen LogP contribution is -2.14. The number of nitrogens with zero attached hydrogens (tertiary/aromatic N) is 1. The van der Waals surface area contributed by atoms with E-state index >= 15 is 0 Å². The van der Waals surface area contributed by atoms with Gasteiger partial charge in [0.05, 0.1) is 10.2 Å². The molecule has 0 saturated heterocycles. The second kappa shape index (κ2) is 8.22. The molecule has 3 nitrogen and oxygen atoms in total. The maximum Gasteiger partial charge on any atom is 0.224 e. The van der Waals surface area contributed by atoms with Crippen LogP contribution >= 0.6 is 11.3 Å². The maximum atomic E-state index is 12.2. The zero-order valence-electron chi connectivity index (χ0n) is 15.8. The van der Waals surface area contributed by atoms with Gasteiger partial charge in [-0.25, -0.2) is 4.98 Å². The Hall–Kier alpha value is -2.20. The SMILES string of the molecule is Cc1ccc2nc(-c3ccc(NC(=O)CCC4CCCCC4)cc3)sc2c1. The van der Waals surface area contributed by atoms with Crippen LogP contribution in [0.1, 0.15) is 50.5 Å². The van der Waals surface area contributed by atoms with Crippen LogP contribution in [0, 0.1) is 12.8 Å². The first-order valence-electron chi connectivity index (χ1n) is 9.95. The predicted molar refractivity (Wildman–Crippen MR) is 114 cm³/mol. The van der Waals surface area contributed by atoms with Gasteiger partial charge in [-0.05, 0) is 61.2 Å². The van der Waals surface area contributed by atoms with E-state index in [0.29, 0.717) is 6.42 Å². The molecule has 4 heteroatoms. The number of fused-ring (bicyclic) bond motifs is 1. The van der Waals surface area contributed by atoms with Crippen molar-refractivity contribution in [3.63, 3.8) is 0 Å². The largest absolute Gasteiger partial charge is 0.326 e. The number of carbonyl (C=O) groups excluding carboxylic acids is 1. The van der Waals surface area contributed by atoms with Gasteiger partial charge in [-0.2, -0.15) is 0 Å². The highest BCUT2D eigenvalue weighted by atomic mass is 32.1. The van der Waals surface area contributed by atoms with Gasteiger partial charge in [0.2, 0.25) is 5.91 Å². The van der Waals surface area contributed by atoms with E-state index < -0.39 is 0 Å². The first-order chi connectivity index (χ1) is 13.2. The van der Waals surface area contributed by atoms with Gasteiger partial charge in [0.25, 0.3) is 0 Å². The second-order valence-electron chi connectivity index (χ2n) is 7.66. The molecule has 2 aromatic carbocycles. The van der Waals surface area contributed by atoms with Crippen molar-refractivity contribution in [2.45, 2.75) is 51.9 Å². The van der Waals surface area contributed by atoms with Crippen molar-refractivity contribution in [3.05, 3.63) is 48.0 Å². The molecule has 140 valence electrons. The van der Waals surface area contributed by atoms with Crippen LogP contribution in [-0.2, 0) is 4.79 Å². The molecule has 4 rings (SSSR count). The zero-order chi connectivity index (χ0) is 18.6. The van der Waals surface area contributed by atoms with Gasteiger partial charge in [-0.1, -0.05) is 38.2 Å². The Kier molecular flexibility index (Phi) is 5.53. The fraction of sp³-hybridized carbons (Fsp3) is 0.391. The van der Waals surface area contributed by atoms with Gasteiger partial charge in [-0.15, -0.1) is 11.3 Å². The molecule has 1 aliphatic rings. The summed E-state index contributed by atoms with van der Waals surface area (Å²) in [5, 5.41) is 4.06. The summed E-state index contributed by atoms with van der Waals surface area (Å²) >= 11 is 1.71. The van der Waals surface area contributed by atoms with Crippen LogP contribution < -0.4 is 5.32 Å². The summed E-state index contributed by atoms with van der Waals surface area (Å²) in [6, 6.07) is 14.4. The standard InChI is InChI=1S/C23H26N2OS/c1-16-7-13-20-21(15-16)27-23(25-20)18-9-11-19(12-10-18)24-22(26)14-8-17-5-3-2-4-6-17/h7,9-13,15,17H,2-6,8,14H2,1H3,(H,24,26). The van der Waals surface area contributed by atoms with Crippen molar-refractivity contribution < 1.29 is 4.79 Å². The maximum absolute atomic E-state index is 12.2. The molecule has 0 bridgehead atoms. The average molecular weight is 379 g/mol. The molecule has 1 fully saturated rings. The van der Waals surface area contributed by atoms with Crippen LogP contribution in [-0.4, -0.2) is 10.9 Å². The molecule has 0 aliphatic heterocycles. The third kappa shape index (κ3) is 4.56. The van der Waals surface area contributed by atoms with Crippen LogP contribution in [0.5, 0.6) is 0 Å². The van der Waals surface area contributed by atoms with Crippen LogP contribution in [0.4, 0.5) is 5.69 Å². The highest BCUT2D eigenvalue weighted by Gasteiger charge is 2.15. The molecular formula is C23H26N2OS. The molecular weight excluding hydrogens is 352 g/mol. The summed E-state index contributed by atoms with van der Waals surface area (Å²) in [6.45, 7) is 2.10. The predicted octanol–water partition coefficient (Wildman–Crippen LogP) is 6.57. The topological polar surface area (TPSA) is 42.0 Å². The lowest BCUT2D eigenvalue weighted by atomic mass is 9.86. The molecule has 0 radical (unpaired) electrons. The summed E-state index contributed by atoms with van der Waals surface area (Å²) in [4.78, 5) is 17.0. The first kappa shape index (κ1) is 18.2. The van der Waals surface area contributed by atoms with E-state index in [1.165, 1.54) is 42.4 Å². The molecule has 1 aromatic heterocycles. The van der Waals surface area contributed by atoms with Gasteiger partial charge in [0.1, 0.15) is 5.01 Å². The summed E-state index contributed by atoms with van der Waals surface area (Å²) in [5.41, 5.74) is 4.25. The van der Waals surface area contributed by atoms with Crippen molar-refractivity contribution in [3.8, 4) is 10.6 Å². The van der Waals surface area contributed by atoms with Crippen molar-refractivity contribution in [2.24, 2.45) is 5.92 Å². The Bertz CT molecular complexity index is 923. The average Bonchev–Trinajstić information content (AvgIpc) is 3.11. The van der Waals surface area contributed by atoms with Crippen LogP contribution in [0.3, 0.4) is 0 Å². The zero-order valence-corrected chi connectivity index (χ0v) is 16.6. The summed E-state index contributed by atoms with van der Waals surface area (Å²) < 4.78 is 1.21. The minimum absolute atomic E-state index is 0.129. The van der Waals surface area contributed by atoms with Gasteiger partial charge >= 0.3 is 0 Å². The van der Waals surface area contributed by atoms with Crippen LogP contribution in [0.25, 0.3) is 20.8 Å². The summed E-state index contributed by atoms with van der Waals surface area (Å²) in [6.07, 6.45) is 8.27. The molecule has 1 aliphatic carbocycles. The molecule has 0 spiro atoms. The number of nitrogens with one attached hydrogen (secondary N) is 1. The van der Waals surface area contributed by atoms with Gasteiger partial charge in [0.15, 0.2) is 0 Å². The normalized spacial score (nSPS) is 15.1. The van der Waals surface area contributed by atoms with E-state index in [1.807, 2.05) is 24.3 Å². The van der Waals surface area contributed by atoms with Crippen LogP contribution in [0.2, 0.25) is 0 Å². The monoisotopic (exact) mass is 378 g/mol. The Labute approximate surface area is 164 Å². The molecule has 0 unspecified atom stereocenters. The fourth-order valence-corrected chi connectivity index (χ4v) is 4.96. The van der Waals surface area contributed by atoms with Crippen molar-refractivity contribution in [1.29, 1.82) is 0 Å². The van der Waals surface area contributed by atoms with Crippen LogP contribution in [0.15, 0.2) is 42.5 Å². The summed E-state index contributed by atoms with van der Waals surface area (Å²) in [7, 11) is 0. The lowest BCUT2D eigenvalue weighted by Gasteiger charge is -2.21. The van der Waals surface area contributed by atoms with Gasteiger partial charge < -0.3 is 5.32 Å². The number of rotatable bonds is 5. The Morgan fingerprint density at radius 1 is 1.11 bits per heavy atom. The molecule has 1 heterocycles. The Morgan fingerprint density at radius 3 is 2.67 bits per heavy atom. The number of aryl methyl sites for hydroxylation is 1. The number of hydrogen-bond donors (Lipinski definition) is 1. The Balaban J connectivity index is 1.37. The van der Waals surface area contributed by atoms with E-state index in [2.05, 4.69) is 30.4 Å². The highest BCUT2D eigenvalue weighted by molar-refractivity contribution is 7.21. The number of amides is 1. The molecule has 1 amide bonds.